The van der Waals surface area contributed by atoms with Crippen molar-refractivity contribution in [1.29, 1.82) is 0 Å². The molecule has 0 saturated carbocycles. The van der Waals surface area contributed by atoms with Crippen LogP contribution in [-0.4, -0.2) is 23.5 Å². The Morgan fingerprint density at radius 2 is 2.05 bits per heavy atom. The van der Waals surface area contributed by atoms with Crippen LogP contribution in [-0.2, 0) is 4.79 Å². The number of amides is 1. The van der Waals surface area contributed by atoms with Gasteiger partial charge in [-0.3, -0.25) is 4.79 Å². The van der Waals surface area contributed by atoms with Gasteiger partial charge in [-0.2, -0.15) is 0 Å². The molecular formula is C12H14Cl2N2O3. The molecule has 0 fully saturated rings. The number of aromatic carboxylic acids is 1. The highest BCUT2D eigenvalue weighted by molar-refractivity contribution is 6.37. The third-order valence-corrected chi connectivity index (χ3v) is 3.10. The molecule has 0 aliphatic heterocycles. The number of hydrogen-bond donors (Lipinski definition) is 3. The van der Waals surface area contributed by atoms with Gasteiger partial charge < -0.3 is 16.2 Å². The summed E-state index contributed by atoms with van der Waals surface area (Å²) >= 11 is 11.7. The predicted octanol–water partition coefficient (Wildman–Crippen LogP) is 2.62. The number of carbonyl (C=O) groups excluding carboxylic acids is 1. The van der Waals surface area contributed by atoms with Gasteiger partial charge in [0.05, 0.1) is 16.3 Å². The normalized spacial score (nSPS) is 12.0. The maximum absolute atomic E-state index is 11.9. The molecule has 0 aromatic heterocycles. The average Bonchev–Trinajstić information content (AvgIpc) is 2.32. The van der Waals surface area contributed by atoms with Gasteiger partial charge in [0.25, 0.3) is 0 Å². The number of halogens is 2. The van der Waals surface area contributed by atoms with Gasteiger partial charge in [0.1, 0.15) is 0 Å². The van der Waals surface area contributed by atoms with Crippen LogP contribution in [0.25, 0.3) is 0 Å². The first-order valence-corrected chi connectivity index (χ1v) is 6.35. The monoisotopic (exact) mass is 304 g/mol. The molecule has 1 rings (SSSR count). The van der Waals surface area contributed by atoms with Crippen LogP contribution in [0.1, 0.15) is 23.7 Å². The second-order valence-corrected chi connectivity index (χ2v) is 4.93. The van der Waals surface area contributed by atoms with Gasteiger partial charge in [0.15, 0.2) is 0 Å². The van der Waals surface area contributed by atoms with Gasteiger partial charge in [-0.05, 0) is 25.1 Å². The topological polar surface area (TPSA) is 92.4 Å². The maximum Gasteiger partial charge on any atom is 0.337 e. The van der Waals surface area contributed by atoms with Crippen molar-refractivity contribution in [3.63, 3.8) is 0 Å². The molecule has 0 spiro atoms. The van der Waals surface area contributed by atoms with Crippen molar-refractivity contribution in [2.24, 2.45) is 11.7 Å². The summed E-state index contributed by atoms with van der Waals surface area (Å²) in [7, 11) is 0. The van der Waals surface area contributed by atoms with Crippen molar-refractivity contribution >= 4 is 40.8 Å². The summed E-state index contributed by atoms with van der Waals surface area (Å²) in [5.41, 5.74) is 5.27. The smallest absolute Gasteiger partial charge is 0.337 e. The lowest BCUT2D eigenvalue weighted by molar-refractivity contribution is -0.119. The van der Waals surface area contributed by atoms with E-state index in [1.54, 1.807) is 6.92 Å². The standard InChI is InChI=1S/C12H14Cl2N2O3/c1-6(2-3-15)11(17)16-10-8(12(18)19)4-7(13)5-9(10)14/h4-6H,2-3,15H2,1H3,(H,16,17)(H,18,19). The van der Waals surface area contributed by atoms with Crippen LogP contribution in [0, 0.1) is 5.92 Å². The number of benzene rings is 1. The summed E-state index contributed by atoms with van der Waals surface area (Å²) in [4.78, 5) is 23.0. The van der Waals surface area contributed by atoms with Crippen molar-refractivity contribution in [3.8, 4) is 0 Å². The molecule has 5 nitrogen and oxygen atoms in total. The van der Waals surface area contributed by atoms with E-state index >= 15 is 0 Å². The molecule has 0 aliphatic rings. The van der Waals surface area contributed by atoms with Crippen LogP contribution >= 0.6 is 23.2 Å². The molecule has 7 heteroatoms. The van der Waals surface area contributed by atoms with Gasteiger partial charge in [0.2, 0.25) is 5.91 Å². The second kappa shape index (κ2) is 6.75. The lowest BCUT2D eigenvalue weighted by atomic mass is 10.1. The molecule has 4 N–H and O–H groups in total. The Labute approximate surface area is 120 Å². The molecule has 1 atom stereocenters. The van der Waals surface area contributed by atoms with E-state index in [4.69, 9.17) is 34.0 Å². The minimum absolute atomic E-state index is 0.0486. The number of anilines is 1. The third kappa shape index (κ3) is 4.09. The van der Waals surface area contributed by atoms with Crippen LogP contribution < -0.4 is 11.1 Å². The molecule has 1 aromatic rings. The first kappa shape index (κ1) is 15.8. The third-order valence-electron chi connectivity index (χ3n) is 2.58. The Bertz CT molecular complexity index is 506. The quantitative estimate of drug-likeness (QED) is 0.779. The van der Waals surface area contributed by atoms with E-state index in [0.717, 1.165) is 0 Å². The van der Waals surface area contributed by atoms with Crippen LogP contribution in [0.3, 0.4) is 0 Å². The van der Waals surface area contributed by atoms with E-state index in [9.17, 15) is 9.59 Å². The Morgan fingerprint density at radius 1 is 1.42 bits per heavy atom. The fraction of sp³-hybridized carbons (Fsp3) is 0.333. The van der Waals surface area contributed by atoms with Crippen LogP contribution in [0.15, 0.2) is 12.1 Å². The average molecular weight is 305 g/mol. The Kier molecular flexibility index (Phi) is 5.60. The summed E-state index contributed by atoms with van der Waals surface area (Å²) in [5.74, 6) is -1.89. The zero-order valence-corrected chi connectivity index (χ0v) is 11.8. The number of nitrogens with two attached hydrogens (primary N) is 1. The Hall–Kier alpha value is -1.30. The van der Waals surface area contributed by atoms with Gasteiger partial charge >= 0.3 is 5.97 Å². The predicted molar refractivity (Wildman–Crippen MR) is 74.9 cm³/mol. The molecule has 0 bridgehead atoms. The number of rotatable bonds is 5. The summed E-state index contributed by atoms with van der Waals surface area (Å²) in [5, 5.41) is 11.9. The number of carbonyl (C=O) groups is 2. The molecule has 19 heavy (non-hydrogen) atoms. The van der Waals surface area contributed by atoms with Crippen molar-refractivity contribution < 1.29 is 14.7 Å². The van der Waals surface area contributed by atoms with Gasteiger partial charge in [-0.25, -0.2) is 4.79 Å². The highest BCUT2D eigenvalue weighted by Gasteiger charge is 2.19. The first-order valence-electron chi connectivity index (χ1n) is 5.60. The number of carboxylic acids is 1. The molecule has 0 heterocycles. The molecule has 0 saturated heterocycles. The van der Waals surface area contributed by atoms with E-state index in [2.05, 4.69) is 5.32 Å². The van der Waals surface area contributed by atoms with Gasteiger partial charge in [0, 0.05) is 10.9 Å². The molecule has 1 unspecified atom stereocenters. The molecule has 0 radical (unpaired) electrons. The zero-order chi connectivity index (χ0) is 14.6. The zero-order valence-electron chi connectivity index (χ0n) is 10.2. The minimum Gasteiger partial charge on any atom is -0.478 e. The van der Waals surface area contributed by atoms with Crippen LogP contribution in [0.2, 0.25) is 10.0 Å². The highest BCUT2D eigenvalue weighted by Crippen LogP contribution is 2.30. The van der Waals surface area contributed by atoms with Crippen LogP contribution in [0.4, 0.5) is 5.69 Å². The summed E-state index contributed by atoms with van der Waals surface area (Å²) in [6, 6.07) is 2.61. The Morgan fingerprint density at radius 3 is 2.58 bits per heavy atom. The fourth-order valence-corrected chi connectivity index (χ4v) is 2.04. The van der Waals surface area contributed by atoms with Crippen molar-refractivity contribution in [2.75, 3.05) is 11.9 Å². The summed E-state index contributed by atoms with van der Waals surface area (Å²) in [6.45, 7) is 2.07. The van der Waals surface area contributed by atoms with E-state index in [-0.39, 0.29) is 33.1 Å². The van der Waals surface area contributed by atoms with Crippen LogP contribution in [0.5, 0.6) is 0 Å². The largest absolute Gasteiger partial charge is 0.478 e. The van der Waals surface area contributed by atoms with Crippen molar-refractivity contribution in [1.82, 2.24) is 0 Å². The number of carboxylic acid groups (broad SMARTS) is 1. The minimum atomic E-state index is -1.22. The Balaban J connectivity index is 3.06. The summed E-state index contributed by atoms with van der Waals surface area (Å²) < 4.78 is 0. The molecule has 0 aliphatic carbocycles. The van der Waals surface area contributed by atoms with Crippen molar-refractivity contribution in [2.45, 2.75) is 13.3 Å². The fourth-order valence-electron chi connectivity index (χ4n) is 1.50. The van der Waals surface area contributed by atoms with Gasteiger partial charge in [-0.15, -0.1) is 0 Å². The molecule has 1 amide bonds. The molecular weight excluding hydrogens is 291 g/mol. The highest BCUT2D eigenvalue weighted by atomic mass is 35.5. The lowest BCUT2D eigenvalue weighted by Gasteiger charge is -2.14. The lowest BCUT2D eigenvalue weighted by Crippen LogP contribution is -2.24. The van der Waals surface area contributed by atoms with E-state index < -0.39 is 5.97 Å². The first-order chi connectivity index (χ1) is 8.86. The van der Waals surface area contributed by atoms with E-state index in [1.165, 1.54) is 12.1 Å². The number of nitrogens with one attached hydrogen (secondary N) is 1. The number of hydrogen-bond acceptors (Lipinski definition) is 3. The van der Waals surface area contributed by atoms with Gasteiger partial charge in [-0.1, -0.05) is 30.1 Å². The van der Waals surface area contributed by atoms with E-state index in [1.807, 2.05) is 0 Å². The SMILES string of the molecule is CC(CCN)C(=O)Nc1c(Cl)cc(Cl)cc1C(=O)O. The molecule has 104 valence electrons. The van der Waals surface area contributed by atoms with E-state index in [0.29, 0.717) is 13.0 Å². The summed E-state index contributed by atoms with van der Waals surface area (Å²) in [6.07, 6.45) is 0.499. The molecule has 1 aromatic carbocycles. The second-order valence-electron chi connectivity index (χ2n) is 4.08. The maximum atomic E-state index is 11.9. The van der Waals surface area contributed by atoms with Crippen molar-refractivity contribution in [3.05, 3.63) is 27.7 Å².